The van der Waals surface area contributed by atoms with Gasteiger partial charge in [-0.1, -0.05) is 52.0 Å². The van der Waals surface area contributed by atoms with Crippen LogP contribution in [-0.2, 0) is 0 Å². The van der Waals surface area contributed by atoms with Crippen LogP contribution in [0.2, 0.25) is 0 Å². The van der Waals surface area contributed by atoms with Gasteiger partial charge in [0, 0.05) is 10.2 Å². The summed E-state index contributed by atoms with van der Waals surface area (Å²) in [5, 5.41) is 6.23. The summed E-state index contributed by atoms with van der Waals surface area (Å²) in [5.41, 5.74) is 1.74. The highest BCUT2D eigenvalue weighted by Crippen LogP contribution is 2.46. The maximum absolute atomic E-state index is 12.0. The number of amides is 2. The predicted molar refractivity (Wildman–Crippen MR) is 91.7 cm³/mol. The van der Waals surface area contributed by atoms with Gasteiger partial charge in [-0.15, -0.1) is 0 Å². The Bertz CT molecular complexity index is 669. The van der Waals surface area contributed by atoms with Crippen LogP contribution in [-0.4, -0.2) is 15.9 Å². The van der Waals surface area contributed by atoms with E-state index in [0.717, 1.165) is 22.3 Å². The molecule has 1 heterocycles. The van der Waals surface area contributed by atoms with Crippen molar-refractivity contribution in [1.82, 2.24) is 5.32 Å². The summed E-state index contributed by atoms with van der Waals surface area (Å²) < 4.78 is 0.946. The molecule has 0 spiro atoms. The lowest BCUT2D eigenvalue weighted by atomic mass is 9.98. The number of benzene rings is 1. The monoisotopic (exact) mass is 363 g/mol. The van der Waals surface area contributed by atoms with E-state index in [1.807, 2.05) is 36.4 Å². The van der Waals surface area contributed by atoms with Crippen molar-refractivity contribution in [2.24, 2.45) is 4.99 Å². The Morgan fingerprint density at radius 2 is 2.10 bits per heavy atom. The molecule has 1 unspecified atom stereocenters. The number of amidine groups is 1. The zero-order chi connectivity index (χ0) is 14.9. The Morgan fingerprint density at radius 3 is 2.86 bits per heavy atom. The predicted octanol–water partition coefficient (Wildman–Crippen LogP) is 4.24. The molecule has 1 aliphatic heterocycles. The largest absolute Gasteiger partial charge is 0.325 e. The normalized spacial score (nSPS) is 23.6. The van der Waals surface area contributed by atoms with E-state index >= 15 is 0 Å². The van der Waals surface area contributed by atoms with Gasteiger partial charge in [0.25, 0.3) is 0 Å². The molecule has 1 aromatic rings. The number of aliphatic imine (C=N–C) groups is 1. The molecule has 6 heteroatoms. The molecule has 1 atom stereocenters. The Hall–Kier alpha value is -1.53. The van der Waals surface area contributed by atoms with Crippen molar-refractivity contribution in [3.8, 4) is 0 Å². The summed E-state index contributed by atoms with van der Waals surface area (Å²) in [6.45, 7) is 2.13. The maximum atomic E-state index is 12.0. The fourth-order valence-corrected chi connectivity index (χ4v) is 3.63. The smallest absolute Gasteiger partial charge is 0.308 e. The molecule has 0 saturated carbocycles. The topological polar surface area (TPSA) is 53.5 Å². The quantitative estimate of drug-likeness (QED) is 0.783. The number of rotatable bonds is 1. The first-order chi connectivity index (χ1) is 10.0. The summed E-state index contributed by atoms with van der Waals surface area (Å²) >= 11 is 5.05. The molecular weight excluding hydrogens is 350 g/mol. The average Bonchev–Trinajstić information content (AvgIpc) is 2.75. The highest BCUT2D eigenvalue weighted by Gasteiger charge is 2.38. The van der Waals surface area contributed by atoms with Crippen LogP contribution in [0.3, 0.4) is 0 Å². The molecule has 2 aliphatic rings. The third-order valence-corrected chi connectivity index (χ3v) is 5.06. The summed E-state index contributed by atoms with van der Waals surface area (Å²) in [5.74, 6) is 0. The van der Waals surface area contributed by atoms with Crippen LogP contribution >= 0.6 is 27.7 Å². The molecule has 4 nitrogen and oxygen atoms in total. The lowest BCUT2D eigenvalue weighted by Gasteiger charge is -2.24. The highest BCUT2D eigenvalue weighted by atomic mass is 79.9. The van der Waals surface area contributed by atoms with E-state index in [1.54, 1.807) is 11.8 Å². The minimum atomic E-state index is -0.276. The van der Waals surface area contributed by atoms with Crippen molar-refractivity contribution in [2.75, 3.05) is 5.32 Å². The molecule has 108 valence electrons. The number of carbonyl (C=O) groups is 1. The van der Waals surface area contributed by atoms with Gasteiger partial charge < -0.3 is 5.32 Å². The first-order valence-corrected chi connectivity index (χ1v) is 8.15. The van der Waals surface area contributed by atoms with Crippen molar-refractivity contribution in [2.45, 2.75) is 18.1 Å². The molecule has 0 saturated heterocycles. The molecule has 1 aromatic carbocycles. The molecule has 2 amide bonds. The van der Waals surface area contributed by atoms with Gasteiger partial charge in [-0.2, -0.15) is 0 Å². The zero-order valence-corrected chi connectivity index (χ0v) is 13.8. The average molecular weight is 364 g/mol. The van der Waals surface area contributed by atoms with E-state index in [2.05, 4.69) is 44.6 Å². The van der Waals surface area contributed by atoms with Gasteiger partial charge in [0.05, 0.1) is 10.4 Å². The SMILES string of the molecule is CC12CC=C(Br)C=C1N=C(NC(=O)Nc1ccccc1)S2. The van der Waals surface area contributed by atoms with Crippen LogP contribution in [0.4, 0.5) is 10.5 Å². The van der Waals surface area contributed by atoms with Crippen LogP contribution in [0.1, 0.15) is 13.3 Å². The number of allylic oxidation sites excluding steroid dienone is 3. The fraction of sp³-hybridized carbons (Fsp3) is 0.200. The van der Waals surface area contributed by atoms with Gasteiger partial charge in [-0.05, 0) is 31.6 Å². The van der Waals surface area contributed by atoms with E-state index in [9.17, 15) is 4.79 Å². The van der Waals surface area contributed by atoms with E-state index in [4.69, 9.17) is 0 Å². The number of carbonyl (C=O) groups excluding carboxylic acids is 1. The Labute approximate surface area is 135 Å². The van der Waals surface area contributed by atoms with Crippen LogP contribution in [0.15, 0.2) is 57.7 Å². The van der Waals surface area contributed by atoms with Crippen molar-refractivity contribution in [3.05, 3.63) is 52.7 Å². The number of hydrogen-bond acceptors (Lipinski definition) is 3. The second-order valence-electron chi connectivity index (χ2n) is 5.02. The number of para-hydroxylation sites is 1. The van der Waals surface area contributed by atoms with Gasteiger partial charge in [-0.25, -0.2) is 9.79 Å². The summed E-state index contributed by atoms with van der Waals surface area (Å²) in [6.07, 6.45) is 5.01. The van der Waals surface area contributed by atoms with Crippen LogP contribution in [0, 0.1) is 0 Å². The third kappa shape index (κ3) is 3.22. The maximum Gasteiger partial charge on any atom is 0.325 e. The number of anilines is 1. The van der Waals surface area contributed by atoms with Crippen LogP contribution in [0.25, 0.3) is 0 Å². The number of thioether (sulfide) groups is 1. The van der Waals surface area contributed by atoms with Gasteiger partial charge >= 0.3 is 6.03 Å². The van der Waals surface area contributed by atoms with Crippen molar-refractivity contribution in [3.63, 3.8) is 0 Å². The number of nitrogens with one attached hydrogen (secondary N) is 2. The second-order valence-corrected chi connectivity index (χ2v) is 7.43. The Kier molecular flexibility index (Phi) is 3.91. The van der Waals surface area contributed by atoms with Gasteiger partial charge in [0.1, 0.15) is 0 Å². The molecular formula is C15H14BrN3OS. The van der Waals surface area contributed by atoms with Gasteiger partial charge in [0.2, 0.25) is 0 Å². The number of halogens is 1. The zero-order valence-electron chi connectivity index (χ0n) is 11.4. The van der Waals surface area contributed by atoms with Crippen LogP contribution < -0.4 is 10.6 Å². The van der Waals surface area contributed by atoms with Crippen molar-refractivity contribution >= 4 is 44.6 Å². The minimum Gasteiger partial charge on any atom is -0.308 e. The summed E-state index contributed by atoms with van der Waals surface area (Å²) in [4.78, 5) is 16.5. The third-order valence-electron chi connectivity index (χ3n) is 3.30. The standard InChI is InChI=1S/C15H14BrN3OS/c1-15-8-7-10(16)9-12(15)18-14(21-15)19-13(20)17-11-5-3-2-4-6-11/h2-7,9H,8H2,1H3,(H2,17,18,19,20). The molecule has 2 N–H and O–H groups in total. The molecule has 0 radical (unpaired) electrons. The molecule has 0 fully saturated rings. The minimum absolute atomic E-state index is 0.0906. The first kappa shape index (κ1) is 14.4. The second kappa shape index (κ2) is 5.69. The molecule has 21 heavy (non-hydrogen) atoms. The van der Waals surface area contributed by atoms with Gasteiger partial charge in [-0.3, -0.25) is 5.32 Å². The molecule has 3 rings (SSSR count). The number of nitrogens with zero attached hydrogens (tertiary/aromatic N) is 1. The summed E-state index contributed by atoms with van der Waals surface area (Å²) in [7, 11) is 0. The first-order valence-electron chi connectivity index (χ1n) is 6.54. The fourth-order valence-electron chi connectivity index (χ4n) is 2.16. The highest BCUT2D eigenvalue weighted by molar-refractivity contribution is 9.11. The number of urea groups is 1. The Balaban J connectivity index is 1.67. The summed E-state index contributed by atoms with van der Waals surface area (Å²) in [6, 6.07) is 9.06. The van der Waals surface area contributed by atoms with Crippen molar-refractivity contribution in [1.29, 1.82) is 0 Å². The van der Waals surface area contributed by atoms with E-state index < -0.39 is 0 Å². The van der Waals surface area contributed by atoms with E-state index in [1.165, 1.54) is 0 Å². The Morgan fingerprint density at radius 1 is 1.33 bits per heavy atom. The van der Waals surface area contributed by atoms with Crippen LogP contribution in [0.5, 0.6) is 0 Å². The van der Waals surface area contributed by atoms with Crippen molar-refractivity contribution < 1.29 is 4.79 Å². The van der Waals surface area contributed by atoms with E-state index in [-0.39, 0.29) is 10.8 Å². The lowest BCUT2D eigenvalue weighted by molar-refractivity contribution is 0.256. The molecule has 1 aliphatic carbocycles. The molecule has 0 aromatic heterocycles. The van der Waals surface area contributed by atoms with Gasteiger partial charge in [0.15, 0.2) is 5.17 Å². The van der Waals surface area contributed by atoms with E-state index in [0.29, 0.717) is 5.17 Å². The lowest BCUT2D eigenvalue weighted by Crippen LogP contribution is -2.33. The number of fused-ring (bicyclic) bond motifs is 1. The molecule has 0 bridgehead atoms. The number of hydrogen-bond donors (Lipinski definition) is 2.